The summed E-state index contributed by atoms with van der Waals surface area (Å²) in [5.74, 6) is -1.91. The highest BCUT2D eigenvalue weighted by Crippen LogP contribution is 2.26. The highest BCUT2D eigenvalue weighted by atomic mass is 32.2. The Morgan fingerprint density at radius 2 is 2.07 bits per heavy atom. The molecule has 1 aromatic rings. The Kier molecular flexibility index (Phi) is 6.11. The van der Waals surface area contributed by atoms with Crippen molar-refractivity contribution >= 4 is 21.8 Å². The molecule has 29 heavy (non-hydrogen) atoms. The SMILES string of the molecule is COc1ccc(C(=O)NC2CN(S(C)(=O)=O)CC3(CCOCC3)NC2=O)cc1F. The molecule has 11 heteroatoms. The van der Waals surface area contributed by atoms with E-state index in [2.05, 4.69) is 10.6 Å². The molecule has 0 bridgehead atoms. The van der Waals surface area contributed by atoms with E-state index in [-0.39, 0.29) is 24.4 Å². The lowest BCUT2D eigenvalue weighted by atomic mass is 9.90. The van der Waals surface area contributed by atoms with Crippen molar-refractivity contribution < 1.29 is 31.9 Å². The third-order valence-corrected chi connectivity index (χ3v) is 6.42. The monoisotopic (exact) mass is 429 g/mol. The normalized spacial score (nSPS) is 22.6. The highest BCUT2D eigenvalue weighted by molar-refractivity contribution is 7.88. The van der Waals surface area contributed by atoms with Gasteiger partial charge in [-0.3, -0.25) is 9.59 Å². The van der Waals surface area contributed by atoms with Gasteiger partial charge in [-0.25, -0.2) is 12.8 Å². The van der Waals surface area contributed by atoms with E-state index in [1.54, 1.807) is 0 Å². The first kappa shape index (κ1) is 21.5. The Bertz CT molecular complexity index is 901. The Morgan fingerprint density at radius 1 is 1.38 bits per heavy atom. The quantitative estimate of drug-likeness (QED) is 0.690. The van der Waals surface area contributed by atoms with Crippen LogP contribution >= 0.6 is 0 Å². The lowest BCUT2D eigenvalue weighted by Crippen LogP contribution is -2.57. The van der Waals surface area contributed by atoms with Gasteiger partial charge in [0.05, 0.1) is 18.9 Å². The number of methoxy groups -OCH3 is 1. The number of carbonyl (C=O) groups is 2. The number of hydrogen-bond donors (Lipinski definition) is 2. The number of rotatable bonds is 4. The fraction of sp³-hybridized carbons (Fsp3) is 0.556. The van der Waals surface area contributed by atoms with Gasteiger partial charge in [0.2, 0.25) is 15.9 Å². The smallest absolute Gasteiger partial charge is 0.252 e. The maximum absolute atomic E-state index is 13.9. The van der Waals surface area contributed by atoms with Gasteiger partial charge in [-0.2, -0.15) is 4.31 Å². The molecule has 2 N–H and O–H groups in total. The van der Waals surface area contributed by atoms with Crippen LogP contribution in [0, 0.1) is 5.82 Å². The second kappa shape index (κ2) is 8.25. The average Bonchev–Trinajstić information content (AvgIpc) is 2.79. The number of hydrogen-bond acceptors (Lipinski definition) is 6. The predicted octanol–water partition coefficient (Wildman–Crippen LogP) is -0.127. The van der Waals surface area contributed by atoms with Crippen LogP contribution in [-0.2, 0) is 19.6 Å². The van der Waals surface area contributed by atoms with Gasteiger partial charge in [0, 0.05) is 31.9 Å². The van der Waals surface area contributed by atoms with Gasteiger partial charge >= 0.3 is 0 Å². The first-order valence-corrected chi connectivity index (χ1v) is 11.0. The van der Waals surface area contributed by atoms with Crippen LogP contribution in [0.15, 0.2) is 18.2 Å². The second-order valence-electron chi connectivity index (χ2n) is 7.31. The van der Waals surface area contributed by atoms with Gasteiger partial charge in [0.15, 0.2) is 11.6 Å². The zero-order valence-electron chi connectivity index (χ0n) is 16.2. The summed E-state index contributed by atoms with van der Waals surface area (Å²) >= 11 is 0. The number of amides is 2. The molecule has 0 aliphatic carbocycles. The lowest BCUT2D eigenvalue weighted by Gasteiger charge is -2.38. The third kappa shape index (κ3) is 4.85. The summed E-state index contributed by atoms with van der Waals surface area (Å²) in [6, 6.07) is 2.54. The summed E-state index contributed by atoms with van der Waals surface area (Å²) in [5.41, 5.74) is -0.753. The molecule has 9 nitrogen and oxygen atoms in total. The molecule has 2 aliphatic heterocycles. The summed E-state index contributed by atoms with van der Waals surface area (Å²) in [6.45, 7) is 0.697. The maximum Gasteiger partial charge on any atom is 0.252 e. The van der Waals surface area contributed by atoms with Crippen LogP contribution in [0.2, 0.25) is 0 Å². The maximum atomic E-state index is 13.9. The van der Waals surface area contributed by atoms with Crippen molar-refractivity contribution in [1.29, 1.82) is 0 Å². The Hall–Kier alpha value is -2.24. The number of ether oxygens (including phenoxy) is 2. The van der Waals surface area contributed by atoms with E-state index in [0.717, 1.165) is 12.3 Å². The molecule has 0 radical (unpaired) electrons. The van der Waals surface area contributed by atoms with Crippen LogP contribution in [-0.4, -0.2) is 75.8 Å². The number of nitrogens with zero attached hydrogens (tertiary/aromatic N) is 1. The van der Waals surface area contributed by atoms with Crippen molar-refractivity contribution in [2.24, 2.45) is 0 Å². The van der Waals surface area contributed by atoms with Crippen molar-refractivity contribution in [3.05, 3.63) is 29.6 Å². The van der Waals surface area contributed by atoms with Crippen molar-refractivity contribution in [2.45, 2.75) is 24.4 Å². The van der Waals surface area contributed by atoms with Crippen molar-refractivity contribution in [1.82, 2.24) is 14.9 Å². The zero-order chi connectivity index (χ0) is 21.2. The molecule has 0 saturated carbocycles. The molecule has 2 aliphatic rings. The largest absolute Gasteiger partial charge is 0.494 e. The van der Waals surface area contributed by atoms with Crippen LogP contribution in [0.1, 0.15) is 23.2 Å². The molecular formula is C18H24FN3O6S. The average molecular weight is 429 g/mol. The molecule has 3 rings (SSSR count). The minimum atomic E-state index is -3.62. The molecule has 1 unspecified atom stereocenters. The molecule has 2 heterocycles. The van der Waals surface area contributed by atoms with Gasteiger partial charge in [-0.05, 0) is 31.0 Å². The minimum absolute atomic E-state index is 0.00738. The van der Waals surface area contributed by atoms with Crippen LogP contribution < -0.4 is 15.4 Å². The number of carbonyl (C=O) groups excluding carboxylic acids is 2. The van der Waals surface area contributed by atoms with Crippen molar-refractivity contribution in [3.8, 4) is 5.75 Å². The molecule has 2 saturated heterocycles. The van der Waals surface area contributed by atoms with Crippen LogP contribution in [0.25, 0.3) is 0 Å². The molecule has 2 fully saturated rings. The summed E-state index contributed by atoms with van der Waals surface area (Å²) in [6.07, 6.45) is 2.00. The van der Waals surface area contributed by atoms with E-state index in [9.17, 15) is 22.4 Å². The molecule has 0 aromatic heterocycles. The van der Waals surface area contributed by atoms with E-state index in [4.69, 9.17) is 9.47 Å². The molecule has 160 valence electrons. The van der Waals surface area contributed by atoms with Gasteiger partial charge in [-0.1, -0.05) is 0 Å². The number of nitrogens with one attached hydrogen (secondary N) is 2. The topological polar surface area (TPSA) is 114 Å². The van der Waals surface area contributed by atoms with E-state index in [0.29, 0.717) is 26.1 Å². The molecule has 1 spiro atoms. The second-order valence-corrected chi connectivity index (χ2v) is 9.30. The molecular weight excluding hydrogens is 405 g/mol. The van der Waals surface area contributed by atoms with Gasteiger partial charge < -0.3 is 20.1 Å². The minimum Gasteiger partial charge on any atom is -0.494 e. The zero-order valence-corrected chi connectivity index (χ0v) is 17.1. The summed E-state index contributed by atoms with van der Waals surface area (Å²) < 4.78 is 49.8. The van der Waals surface area contributed by atoms with Crippen molar-refractivity contribution in [3.63, 3.8) is 0 Å². The Balaban J connectivity index is 1.83. The van der Waals surface area contributed by atoms with Crippen LogP contribution in [0.5, 0.6) is 5.75 Å². The highest BCUT2D eigenvalue weighted by Gasteiger charge is 2.44. The van der Waals surface area contributed by atoms with Gasteiger partial charge in [0.25, 0.3) is 5.91 Å². The van der Waals surface area contributed by atoms with Crippen LogP contribution in [0.4, 0.5) is 4.39 Å². The van der Waals surface area contributed by atoms with Gasteiger partial charge in [-0.15, -0.1) is 0 Å². The van der Waals surface area contributed by atoms with Gasteiger partial charge in [0.1, 0.15) is 6.04 Å². The molecule has 1 aromatic carbocycles. The summed E-state index contributed by atoms with van der Waals surface area (Å²) in [5, 5.41) is 5.42. The first-order valence-electron chi connectivity index (χ1n) is 9.13. The summed E-state index contributed by atoms with van der Waals surface area (Å²) in [7, 11) is -2.32. The predicted molar refractivity (Wildman–Crippen MR) is 102 cm³/mol. The number of benzene rings is 1. The van der Waals surface area contributed by atoms with Crippen LogP contribution in [0.3, 0.4) is 0 Å². The number of halogens is 1. The summed E-state index contributed by atoms with van der Waals surface area (Å²) in [4.78, 5) is 25.4. The van der Waals surface area contributed by atoms with E-state index >= 15 is 0 Å². The van der Waals surface area contributed by atoms with E-state index in [1.807, 2.05) is 0 Å². The Morgan fingerprint density at radius 3 is 2.66 bits per heavy atom. The standard InChI is InChI=1S/C18H24FN3O6S/c1-27-15-4-3-12(9-13(15)19)16(23)20-14-10-22(29(2,25)26)11-18(21-17(14)24)5-7-28-8-6-18/h3-4,9,14H,5-8,10-11H2,1-2H3,(H,20,23)(H,21,24). The number of sulfonamides is 1. The Labute approximate surface area is 168 Å². The fourth-order valence-electron chi connectivity index (χ4n) is 3.53. The third-order valence-electron chi connectivity index (χ3n) is 5.21. The van der Waals surface area contributed by atoms with E-state index in [1.165, 1.54) is 23.5 Å². The van der Waals surface area contributed by atoms with E-state index < -0.39 is 39.2 Å². The lowest BCUT2D eigenvalue weighted by molar-refractivity contribution is -0.125. The first-order chi connectivity index (χ1) is 13.6. The molecule has 2 amide bonds. The van der Waals surface area contributed by atoms with Crippen molar-refractivity contribution in [2.75, 3.05) is 39.7 Å². The molecule has 1 atom stereocenters. The fourth-order valence-corrected chi connectivity index (χ4v) is 4.44.